The van der Waals surface area contributed by atoms with Crippen molar-refractivity contribution in [3.8, 4) is 0 Å². The van der Waals surface area contributed by atoms with Crippen molar-refractivity contribution in [3.63, 3.8) is 0 Å². The van der Waals surface area contributed by atoms with E-state index in [0.717, 1.165) is 31.0 Å². The van der Waals surface area contributed by atoms with E-state index < -0.39 is 9.84 Å². The molecule has 0 saturated carbocycles. The Morgan fingerprint density at radius 1 is 0.964 bits per heavy atom. The normalized spacial score (nSPS) is 11.6. The van der Waals surface area contributed by atoms with Gasteiger partial charge in [0.15, 0.2) is 15.8 Å². The monoisotopic (exact) mass is 515 g/mol. The van der Waals surface area contributed by atoms with Crippen LogP contribution in [-0.4, -0.2) is 33.7 Å². The van der Waals surface area contributed by atoms with Crippen LogP contribution < -0.4 is 10.6 Å². The summed E-state index contributed by atoms with van der Waals surface area (Å²) in [5.41, 5.74) is 4.84. The molecule has 0 saturated heterocycles. The Kier molecular flexibility index (Phi) is 9.95. The molecule has 0 bridgehead atoms. The predicted octanol–water partition coefficient (Wildman–Crippen LogP) is 3.62. The lowest BCUT2D eigenvalue weighted by Crippen LogP contribution is -2.38. The standard InChI is InChI=1S/C21H29N3O2S.HI/c1-5-22-21(23-11-10-19-13-16(2)12-17(3)14-19)24-15-18-6-8-20(9-7-18)27(4,25)26;/h6-9,12-14H,5,10-11,15H2,1-4H3,(H2,22,23,24);1H. The van der Waals surface area contributed by atoms with E-state index in [2.05, 4.69) is 47.7 Å². The zero-order valence-corrected chi connectivity index (χ0v) is 20.1. The number of aliphatic imine (C=N–C) groups is 1. The molecule has 0 atom stereocenters. The number of rotatable bonds is 7. The molecule has 0 aromatic heterocycles. The summed E-state index contributed by atoms with van der Waals surface area (Å²) in [6.45, 7) is 8.32. The van der Waals surface area contributed by atoms with Crippen molar-refractivity contribution in [2.24, 2.45) is 4.99 Å². The Bertz CT molecular complexity index is 874. The second-order valence-corrected chi connectivity index (χ2v) is 8.80. The first-order valence-corrected chi connectivity index (χ1v) is 11.1. The summed E-state index contributed by atoms with van der Waals surface area (Å²) < 4.78 is 23.1. The summed E-state index contributed by atoms with van der Waals surface area (Å²) in [4.78, 5) is 4.91. The molecule has 28 heavy (non-hydrogen) atoms. The van der Waals surface area contributed by atoms with Crippen molar-refractivity contribution in [3.05, 3.63) is 64.7 Å². The van der Waals surface area contributed by atoms with Gasteiger partial charge in [0.1, 0.15) is 0 Å². The number of nitrogens with zero attached hydrogens (tertiary/aromatic N) is 1. The number of hydrogen-bond donors (Lipinski definition) is 2. The molecular formula is C21H30IN3O2S. The summed E-state index contributed by atoms with van der Waals surface area (Å²) in [6, 6.07) is 13.5. The van der Waals surface area contributed by atoms with Crippen molar-refractivity contribution in [1.82, 2.24) is 10.6 Å². The minimum absolute atomic E-state index is 0. The van der Waals surface area contributed by atoms with Crippen LogP contribution in [0, 0.1) is 13.8 Å². The molecule has 0 unspecified atom stereocenters. The molecule has 154 valence electrons. The van der Waals surface area contributed by atoms with Crippen molar-refractivity contribution in [2.75, 3.05) is 19.3 Å². The van der Waals surface area contributed by atoms with Crippen LogP contribution in [0.1, 0.15) is 29.2 Å². The molecule has 2 N–H and O–H groups in total. The molecule has 7 heteroatoms. The summed E-state index contributed by atoms with van der Waals surface area (Å²) in [5.74, 6) is 0.758. The molecule has 0 aliphatic heterocycles. The number of hydrogen-bond acceptors (Lipinski definition) is 3. The third kappa shape index (κ3) is 8.18. The molecular weight excluding hydrogens is 485 g/mol. The van der Waals surface area contributed by atoms with Crippen LogP contribution in [0.3, 0.4) is 0 Å². The molecule has 2 rings (SSSR count). The Balaban J connectivity index is 0.00000392. The fraction of sp³-hybridized carbons (Fsp3) is 0.381. The SMILES string of the molecule is CCNC(=NCc1ccc(S(C)(=O)=O)cc1)NCCc1cc(C)cc(C)c1.I. The molecule has 0 spiro atoms. The summed E-state index contributed by atoms with van der Waals surface area (Å²) in [7, 11) is -3.16. The Morgan fingerprint density at radius 2 is 1.57 bits per heavy atom. The van der Waals surface area contributed by atoms with Gasteiger partial charge in [-0.25, -0.2) is 13.4 Å². The molecule has 0 aliphatic rings. The van der Waals surface area contributed by atoms with Crippen LogP contribution >= 0.6 is 24.0 Å². The third-order valence-corrected chi connectivity index (χ3v) is 5.23. The maximum atomic E-state index is 11.5. The number of sulfone groups is 1. The highest BCUT2D eigenvalue weighted by molar-refractivity contribution is 14.0. The largest absolute Gasteiger partial charge is 0.357 e. The van der Waals surface area contributed by atoms with Gasteiger partial charge in [-0.2, -0.15) is 0 Å². The van der Waals surface area contributed by atoms with Crippen LogP contribution in [0.15, 0.2) is 52.4 Å². The zero-order chi connectivity index (χ0) is 19.9. The maximum Gasteiger partial charge on any atom is 0.191 e. The van der Waals surface area contributed by atoms with E-state index in [1.165, 1.54) is 22.9 Å². The van der Waals surface area contributed by atoms with Gasteiger partial charge in [-0.1, -0.05) is 41.5 Å². The van der Waals surface area contributed by atoms with Crippen LogP contribution in [0.4, 0.5) is 0 Å². The lowest BCUT2D eigenvalue weighted by Gasteiger charge is -2.12. The molecule has 0 fully saturated rings. The number of nitrogens with one attached hydrogen (secondary N) is 2. The highest BCUT2D eigenvalue weighted by Gasteiger charge is 2.06. The molecule has 0 heterocycles. The van der Waals surface area contributed by atoms with Crippen LogP contribution in [0.25, 0.3) is 0 Å². The number of halogens is 1. The average Bonchev–Trinajstić information content (AvgIpc) is 2.58. The minimum Gasteiger partial charge on any atom is -0.357 e. The van der Waals surface area contributed by atoms with Crippen molar-refractivity contribution in [1.29, 1.82) is 0 Å². The smallest absolute Gasteiger partial charge is 0.191 e. The fourth-order valence-corrected chi connectivity index (χ4v) is 3.52. The van der Waals surface area contributed by atoms with E-state index in [9.17, 15) is 8.42 Å². The van der Waals surface area contributed by atoms with Crippen molar-refractivity contribution in [2.45, 2.75) is 38.6 Å². The van der Waals surface area contributed by atoms with E-state index in [-0.39, 0.29) is 24.0 Å². The lowest BCUT2D eigenvalue weighted by atomic mass is 10.1. The zero-order valence-electron chi connectivity index (χ0n) is 17.0. The predicted molar refractivity (Wildman–Crippen MR) is 127 cm³/mol. The first-order chi connectivity index (χ1) is 12.8. The van der Waals surface area contributed by atoms with E-state index >= 15 is 0 Å². The molecule has 0 aliphatic carbocycles. The maximum absolute atomic E-state index is 11.5. The van der Waals surface area contributed by atoms with Crippen molar-refractivity contribution < 1.29 is 8.42 Å². The van der Waals surface area contributed by atoms with Crippen LogP contribution in [0.2, 0.25) is 0 Å². The highest BCUT2D eigenvalue weighted by Crippen LogP contribution is 2.11. The van der Waals surface area contributed by atoms with E-state index in [4.69, 9.17) is 0 Å². The van der Waals surface area contributed by atoms with Gasteiger partial charge in [0.05, 0.1) is 11.4 Å². The van der Waals surface area contributed by atoms with Crippen molar-refractivity contribution >= 4 is 39.8 Å². The Labute approximate surface area is 186 Å². The number of aryl methyl sites for hydroxylation is 2. The number of benzene rings is 2. The van der Waals surface area contributed by atoms with Gasteiger partial charge in [-0.3, -0.25) is 0 Å². The summed E-state index contributed by atoms with van der Waals surface area (Å²) in [5, 5.41) is 6.60. The molecule has 2 aromatic carbocycles. The first-order valence-electron chi connectivity index (χ1n) is 9.16. The van der Waals surface area contributed by atoms with Crippen LogP contribution in [-0.2, 0) is 22.8 Å². The second-order valence-electron chi connectivity index (χ2n) is 6.78. The second kappa shape index (κ2) is 11.4. The molecule has 2 aromatic rings. The molecule has 0 radical (unpaired) electrons. The van der Waals surface area contributed by atoms with Gasteiger partial charge in [0, 0.05) is 19.3 Å². The average molecular weight is 515 g/mol. The van der Waals surface area contributed by atoms with Gasteiger partial charge < -0.3 is 10.6 Å². The Hall–Kier alpha value is -1.61. The van der Waals surface area contributed by atoms with Gasteiger partial charge in [-0.15, -0.1) is 24.0 Å². The van der Waals surface area contributed by atoms with Crippen LogP contribution in [0.5, 0.6) is 0 Å². The topological polar surface area (TPSA) is 70.6 Å². The molecule has 5 nitrogen and oxygen atoms in total. The minimum atomic E-state index is -3.16. The highest BCUT2D eigenvalue weighted by atomic mass is 127. The fourth-order valence-electron chi connectivity index (χ4n) is 2.89. The van der Waals surface area contributed by atoms with Gasteiger partial charge in [-0.05, 0) is 50.5 Å². The van der Waals surface area contributed by atoms with Gasteiger partial charge >= 0.3 is 0 Å². The van der Waals surface area contributed by atoms with E-state index in [1.807, 2.05) is 6.92 Å². The summed E-state index contributed by atoms with van der Waals surface area (Å²) >= 11 is 0. The summed E-state index contributed by atoms with van der Waals surface area (Å²) in [6.07, 6.45) is 2.14. The Morgan fingerprint density at radius 3 is 2.11 bits per heavy atom. The van der Waals surface area contributed by atoms with Gasteiger partial charge in [0.2, 0.25) is 0 Å². The third-order valence-electron chi connectivity index (χ3n) is 4.10. The van der Waals surface area contributed by atoms with E-state index in [0.29, 0.717) is 11.4 Å². The first kappa shape index (κ1) is 24.4. The van der Waals surface area contributed by atoms with E-state index in [1.54, 1.807) is 24.3 Å². The lowest BCUT2D eigenvalue weighted by molar-refractivity contribution is 0.602. The van der Waals surface area contributed by atoms with Gasteiger partial charge in [0.25, 0.3) is 0 Å². The quantitative estimate of drug-likeness (QED) is 0.336. The number of guanidine groups is 1. The molecule has 0 amide bonds.